The van der Waals surface area contributed by atoms with Gasteiger partial charge in [0.25, 0.3) is 0 Å². The Kier molecular flexibility index (Phi) is 6.83. The molecule has 0 aromatic rings. The van der Waals surface area contributed by atoms with Gasteiger partial charge >= 0.3 is 6.09 Å². The molecule has 0 unspecified atom stereocenters. The molecule has 0 bridgehead atoms. The lowest BCUT2D eigenvalue weighted by atomic mass is 10.0. The van der Waals surface area contributed by atoms with Gasteiger partial charge in [-0.2, -0.15) is 0 Å². The molecule has 112 valence electrons. The van der Waals surface area contributed by atoms with Gasteiger partial charge in [-0.25, -0.2) is 4.79 Å². The van der Waals surface area contributed by atoms with Crippen molar-refractivity contribution in [3.63, 3.8) is 0 Å². The molecular weight excluding hydrogens is 248 g/mol. The molecule has 1 N–H and O–H groups in total. The third-order valence-corrected chi connectivity index (χ3v) is 2.39. The number of nitrogens with one attached hydrogen (secondary N) is 1. The molecule has 0 rings (SSSR count). The van der Waals surface area contributed by atoms with Crippen molar-refractivity contribution in [2.75, 3.05) is 20.9 Å². The van der Waals surface area contributed by atoms with E-state index in [2.05, 4.69) is 5.32 Å². The van der Waals surface area contributed by atoms with E-state index in [4.69, 9.17) is 9.47 Å². The first kappa shape index (κ1) is 17.7. The molecule has 0 saturated carbocycles. The fraction of sp³-hybridized carbons (Fsp3) is 0.846. The number of likely N-dealkylation sites (N-methyl/N-ethyl adjacent to an activating group) is 1. The fourth-order valence-electron chi connectivity index (χ4n) is 1.62. The van der Waals surface area contributed by atoms with Crippen LogP contribution in [0.15, 0.2) is 0 Å². The van der Waals surface area contributed by atoms with Crippen LogP contribution in [0.25, 0.3) is 0 Å². The standard InChI is InChI=1S/C13H26N2O4/c1-9(2)10(11(16)14-8-18-7)15(6)12(17)19-13(3,4)5/h9-10H,8H2,1-7H3,(H,14,16)/t10-/m0/s1. The number of carbonyl (C=O) groups excluding carboxylic acids is 2. The van der Waals surface area contributed by atoms with Gasteiger partial charge in [-0.05, 0) is 26.7 Å². The van der Waals surface area contributed by atoms with Crippen molar-refractivity contribution in [1.82, 2.24) is 10.2 Å². The summed E-state index contributed by atoms with van der Waals surface area (Å²) in [5.41, 5.74) is -0.587. The van der Waals surface area contributed by atoms with Gasteiger partial charge in [-0.3, -0.25) is 9.69 Å². The van der Waals surface area contributed by atoms with Crippen molar-refractivity contribution in [3.05, 3.63) is 0 Å². The van der Waals surface area contributed by atoms with Crippen LogP contribution in [0.4, 0.5) is 4.79 Å². The second-order valence-corrected chi connectivity index (χ2v) is 5.75. The highest BCUT2D eigenvalue weighted by molar-refractivity contribution is 5.85. The maximum absolute atomic E-state index is 12.0. The summed E-state index contributed by atoms with van der Waals surface area (Å²) in [6.07, 6.45) is -0.515. The molecule has 2 amide bonds. The van der Waals surface area contributed by atoms with Crippen LogP contribution in [0.1, 0.15) is 34.6 Å². The van der Waals surface area contributed by atoms with E-state index in [0.717, 1.165) is 0 Å². The lowest BCUT2D eigenvalue weighted by Crippen LogP contribution is -2.51. The summed E-state index contributed by atoms with van der Waals surface area (Å²) in [4.78, 5) is 25.3. The van der Waals surface area contributed by atoms with Crippen LogP contribution in [0, 0.1) is 5.92 Å². The van der Waals surface area contributed by atoms with Crippen LogP contribution in [0.5, 0.6) is 0 Å². The predicted molar refractivity (Wildman–Crippen MR) is 72.6 cm³/mol. The predicted octanol–water partition coefficient (Wildman–Crippen LogP) is 1.60. The maximum Gasteiger partial charge on any atom is 0.410 e. The van der Waals surface area contributed by atoms with E-state index in [1.165, 1.54) is 12.0 Å². The van der Waals surface area contributed by atoms with Gasteiger partial charge in [0.15, 0.2) is 0 Å². The van der Waals surface area contributed by atoms with Crippen LogP contribution in [-0.4, -0.2) is 49.4 Å². The summed E-state index contributed by atoms with van der Waals surface area (Å²) in [7, 11) is 3.05. The summed E-state index contributed by atoms with van der Waals surface area (Å²) in [5, 5.41) is 2.60. The number of rotatable bonds is 5. The quantitative estimate of drug-likeness (QED) is 0.773. The topological polar surface area (TPSA) is 67.9 Å². The Morgan fingerprint density at radius 3 is 2.16 bits per heavy atom. The first-order valence-electron chi connectivity index (χ1n) is 6.32. The lowest BCUT2D eigenvalue weighted by Gasteiger charge is -2.32. The average molecular weight is 274 g/mol. The van der Waals surface area contributed by atoms with Crippen LogP contribution >= 0.6 is 0 Å². The number of hydrogen-bond acceptors (Lipinski definition) is 4. The summed E-state index contributed by atoms with van der Waals surface area (Å²) in [6, 6.07) is -0.593. The van der Waals surface area contributed by atoms with E-state index in [-0.39, 0.29) is 18.6 Å². The third kappa shape index (κ3) is 6.42. The highest BCUT2D eigenvalue weighted by Gasteiger charge is 2.32. The molecule has 0 spiro atoms. The lowest BCUT2D eigenvalue weighted by molar-refractivity contribution is -0.128. The number of methoxy groups -OCH3 is 1. The third-order valence-electron chi connectivity index (χ3n) is 2.39. The van der Waals surface area contributed by atoms with Crippen molar-refractivity contribution in [3.8, 4) is 0 Å². The van der Waals surface area contributed by atoms with Gasteiger partial charge < -0.3 is 14.8 Å². The molecule has 6 heteroatoms. The summed E-state index contributed by atoms with van der Waals surface area (Å²) < 4.78 is 10.1. The van der Waals surface area contributed by atoms with Crippen LogP contribution in [0.3, 0.4) is 0 Å². The van der Waals surface area contributed by atoms with Gasteiger partial charge in [0.2, 0.25) is 5.91 Å². The monoisotopic (exact) mass is 274 g/mol. The number of carbonyl (C=O) groups is 2. The molecule has 1 atom stereocenters. The number of hydrogen-bond donors (Lipinski definition) is 1. The Hall–Kier alpha value is -1.30. The van der Waals surface area contributed by atoms with E-state index in [0.29, 0.717) is 0 Å². The second kappa shape index (κ2) is 7.33. The smallest absolute Gasteiger partial charge is 0.410 e. The zero-order valence-electron chi connectivity index (χ0n) is 12.9. The van der Waals surface area contributed by atoms with Crippen LogP contribution in [0.2, 0.25) is 0 Å². The van der Waals surface area contributed by atoms with Gasteiger partial charge in [0, 0.05) is 14.2 Å². The molecule has 0 aromatic heterocycles. The molecular formula is C13H26N2O4. The molecule has 0 aliphatic heterocycles. The SMILES string of the molecule is COCNC(=O)[C@H](C(C)C)N(C)C(=O)OC(C)(C)C. The minimum absolute atomic E-state index is 0.0330. The Morgan fingerprint density at radius 2 is 1.79 bits per heavy atom. The van der Waals surface area contributed by atoms with Crippen molar-refractivity contribution in [1.29, 1.82) is 0 Å². The first-order valence-corrected chi connectivity index (χ1v) is 6.32. The Balaban J connectivity index is 4.79. The van der Waals surface area contributed by atoms with Crippen LogP contribution < -0.4 is 5.32 Å². The largest absolute Gasteiger partial charge is 0.444 e. The average Bonchev–Trinajstić information content (AvgIpc) is 2.23. The Labute approximate surface area is 115 Å². The van der Waals surface area contributed by atoms with E-state index < -0.39 is 17.7 Å². The van der Waals surface area contributed by atoms with Crippen molar-refractivity contribution >= 4 is 12.0 Å². The van der Waals surface area contributed by atoms with E-state index >= 15 is 0 Å². The van der Waals surface area contributed by atoms with Gasteiger partial charge in [0.1, 0.15) is 18.4 Å². The molecule has 0 aliphatic rings. The maximum atomic E-state index is 12.0. The normalized spacial score (nSPS) is 13.1. The van der Waals surface area contributed by atoms with E-state index in [1.54, 1.807) is 27.8 Å². The minimum Gasteiger partial charge on any atom is -0.444 e. The minimum atomic E-state index is -0.593. The van der Waals surface area contributed by atoms with Gasteiger partial charge in [0.05, 0.1) is 0 Å². The zero-order valence-corrected chi connectivity index (χ0v) is 12.9. The molecule has 19 heavy (non-hydrogen) atoms. The highest BCUT2D eigenvalue weighted by atomic mass is 16.6. The van der Waals surface area contributed by atoms with E-state index in [9.17, 15) is 9.59 Å². The summed E-state index contributed by atoms with van der Waals surface area (Å²) >= 11 is 0. The number of ether oxygens (including phenoxy) is 2. The number of amides is 2. The van der Waals surface area contributed by atoms with Gasteiger partial charge in [-0.1, -0.05) is 13.8 Å². The molecule has 6 nitrogen and oxygen atoms in total. The number of nitrogens with zero attached hydrogens (tertiary/aromatic N) is 1. The molecule has 0 aromatic carbocycles. The summed E-state index contributed by atoms with van der Waals surface area (Å²) in [5.74, 6) is -0.292. The molecule has 0 saturated heterocycles. The Bertz CT molecular complexity index is 310. The van der Waals surface area contributed by atoms with Crippen molar-refractivity contribution in [2.45, 2.75) is 46.3 Å². The first-order chi connectivity index (χ1) is 8.60. The van der Waals surface area contributed by atoms with Crippen LogP contribution in [-0.2, 0) is 14.3 Å². The van der Waals surface area contributed by atoms with Gasteiger partial charge in [-0.15, -0.1) is 0 Å². The zero-order chi connectivity index (χ0) is 15.2. The van der Waals surface area contributed by atoms with E-state index in [1.807, 2.05) is 13.8 Å². The fourth-order valence-corrected chi connectivity index (χ4v) is 1.62. The highest BCUT2D eigenvalue weighted by Crippen LogP contribution is 2.15. The molecule has 0 aliphatic carbocycles. The van der Waals surface area contributed by atoms with Crippen molar-refractivity contribution < 1.29 is 19.1 Å². The molecule has 0 radical (unpaired) electrons. The van der Waals surface area contributed by atoms with Crippen molar-refractivity contribution in [2.24, 2.45) is 5.92 Å². The Morgan fingerprint density at radius 1 is 1.26 bits per heavy atom. The second-order valence-electron chi connectivity index (χ2n) is 5.75. The summed E-state index contributed by atoms with van der Waals surface area (Å²) in [6.45, 7) is 9.22. The molecule has 0 heterocycles. The molecule has 0 fully saturated rings.